The second-order valence-corrected chi connectivity index (χ2v) is 7.07. The Bertz CT molecular complexity index is 369. The fourth-order valence-electron chi connectivity index (χ4n) is 1.93. The molecule has 0 radical (unpaired) electrons. The van der Waals surface area contributed by atoms with Crippen molar-refractivity contribution in [3.63, 3.8) is 0 Å². The molecule has 114 valence electrons. The van der Waals surface area contributed by atoms with Crippen LogP contribution < -0.4 is 56.5 Å². The first-order chi connectivity index (χ1) is 8.75. The maximum Gasteiger partial charge on any atom is 1.00 e. The van der Waals surface area contributed by atoms with Crippen molar-refractivity contribution in [1.29, 1.82) is 0 Å². The molecule has 0 aliphatic carbocycles. The van der Waals surface area contributed by atoms with Crippen molar-refractivity contribution in [3.8, 4) is 0 Å². The van der Waals surface area contributed by atoms with E-state index in [1.54, 1.807) is 0 Å². The Labute approximate surface area is 165 Å². The van der Waals surface area contributed by atoms with E-state index in [4.69, 9.17) is 4.55 Å². The van der Waals surface area contributed by atoms with Crippen LogP contribution in [-0.2, 0) is 14.9 Å². The van der Waals surface area contributed by atoms with E-state index in [0.29, 0.717) is 6.42 Å². The predicted octanol–water partition coefficient (Wildman–Crippen LogP) is -1.08. The molecule has 0 heterocycles. The zero-order valence-corrected chi connectivity index (χ0v) is 16.8. The Kier molecular flexibility index (Phi) is 13.5. The molecular formula is C13H25KO5S. The average molecular weight is 333 g/mol. The maximum atomic E-state index is 11.1. The zero-order chi connectivity index (χ0) is 14.9. The number of aliphatic carboxylic acids is 1. The minimum absolute atomic E-state index is 0. The molecule has 0 aliphatic rings. The first-order valence-electron chi connectivity index (χ1n) is 6.94. The van der Waals surface area contributed by atoms with Gasteiger partial charge in [0.2, 0.25) is 0 Å². The third-order valence-corrected chi connectivity index (χ3v) is 5.02. The normalized spacial score (nSPS) is 14.3. The van der Waals surface area contributed by atoms with E-state index >= 15 is 0 Å². The van der Waals surface area contributed by atoms with Gasteiger partial charge in [0, 0.05) is 0 Å². The summed E-state index contributed by atoms with van der Waals surface area (Å²) in [5, 5.41) is 10.9. The Morgan fingerprint density at radius 3 is 1.80 bits per heavy atom. The van der Waals surface area contributed by atoms with E-state index < -0.39 is 20.8 Å². The monoisotopic (exact) mass is 332 g/mol. The third-order valence-electron chi connectivity index (χ3n) is 3.51. The minimum atomic E-state index is -4.63. The smallest absolute Gasteiger partial charge is 0.548 e. The van der Waals surface area contributed by atoms with Gasteiger partial charge in [0.05, 0.1) is 5.97 Å². The molecule has 0 saturated carbocycles. The van der Waals surface area contributed by atoms with Gasteiger partial charge in [0.15, 0.2) is 0 Å². The molecule has 5 nitrogen and oxygen atoms in total. The van der Waals surface area contributed by atoms with Gasteiger partial charge in [-0.05, 0) is 13.3 Å². The molecule has 0 aromatic heterocycles. The molecule has 1 unspecified atom stereocenters. The van der Waals surface area contributed by atoms with Crippen LogP contribution in [0.4, 0.5) is 0 Å². The minimum Gasteiger partial charge on any atom is -0.548 e. The van der Waals surface area contributed by atoms with Crippen LogP contribution >= 0.6 is 0 Å². The first kappa shape index (κ1) is 23.3. The van der Waals surface area contributed by atoms with Crippen molar-refractivity contribution >= 4 is 16.1 Å². The molecule has 7 heteroatoms. The van der Waals surface area contributed by atoms with Gasteiger partial charge in [0.25, 0.3) is 10.1 Å². The molecule has 1 atom stereocenters. The van der Waals surface area contributed by atoms with Crippen LogP contribution in [0.2, 0.25) is 0 Å². The van der Waals surface area contributed by atoms with Crippen molar-refractivity contribution in [2.75, 3.05) is 0 Å². The van der Waals surface area contributed by atoms with Gasteiger partial charge in [-0.2, -0.15) is 8.42 Å². The first-order valence-corrected chi connectivity index (χ1v) is 8.38. The largest absolute Gasteiger partial charge is 1.00 e. The number of unbranched alkanes of at least 4 members (excludes halogenated alkanes) is 7. The summed E-state index contributed by atoms with van der Waals surface area (Å²) in [5.41, 5.74) is 0. The maximum absolute atomic E-state index is 11.1. The van der Waals surface area contributed by atoms with Crippen LogP contribution in [0.25, 0.3) is 0 Å². The summed E-state index contributed by atoms with van der Waals surface area (Å²) in [5.74, 6) is -1.74. The van der Waals surface area contributed by atoms with E-state index in [2.05, 4.69) is 6.92 Å². The fourth-order valence-corrected chi connectivity index (χ4v) is 2.55. The summed E-state index contributed by atoms with van der Waals surface area (Å²) >= 11 is 0. The Morgan fingerprint density at radius 1 is 1.05 bits per heavy atom. The van der Waals surface area contributed by atoms with Crippen LogP contribution in [-0.4, -0.2) is 23.7 Å². The number of carbonyl (C=O) groups is 1. The topological polar surface area (TPSA) is 94.5 Å². The van der Waals surface area contributed by atoms with Gasteiger partial charge >= 0.3 is 51.4 Å². The Morgan fingerprint density at radius 2 is 1.45 bits per heavy atom. The van der Waals surface area contributed by atoms with E-state index in [9.17, 15) is 18.3 Å². The molecule has 1 N–H and O–H groups in total. The van der Waals surface area contributed by atoms with Crippen LogP contribution in [0.15, 0.2) is 0 Å². The summed E-state index contributed by atoms with van der Waals surface area (Å²) in [4.78, 5) is 10.9. The van der Waals surface area contributed by atoms with Crippen LogP contribution in [0.1, 0.15) is 71.6 Å². The van der Waals surface area contributed by atoms with Gasteiger partial charge in [0.1, 0.15) is 4.75 Å². The molecular weight excluding hydrogens is 307 g/mol. The molecule has 0 saturated heterocycles. The summed E-state index contributed by atoms with van der Waals surface area (Å²) in [6.07, 6.45) is 7.93. The molecule has 0 amide bonds. The van der Waals surface area contributed by atoms with Crippen LogP contribution in [0, 0.1) is 0 Å². The number of rotatable bonds is 11. The second kappa shape index (κ2) is 11.6. The quantitative estimate of drug-likeness (QED) is 0.295. The van der Waals surface area contributed by atoms with Gasteiger partial charge in [-0.15, -0.1) is 0 Å². The summed E-state index contributed by atoms with van der Waals surface area (Å²) in [6.45, 7) is 3.15. The number of carboxylic acids is 1. The van der Waals surface area contributed by atoms with Crippen molar-refractivity contribution in [2.24, 2.45) is 0 Å². The number of carboxylic acid groups (broad SMARTS) is 1. The van der Waals surface area contributed by atoms with E-state index in [0.717, 1.165) is 32.6 Å². The SMILES string of the molecule is CCCCCCCCCCC(C)(C(=O)[O-])S(=O)(=O)O.[K+]. The molecule has 0 bridgehead atoms. The summed E-state index contributed by atoms with van der Waals surface area (Å²) in [6, 6.07) is 0. The molecule has 20 heavy (non-hydrogen) atoms. The number of hydrogen-bond donors (Lipinski definition) is 1. The standard InChI is InChI=1S/C13H26O5S.K/c1-3-4-5-6-7-8-9-10-11-13(2,12(14)15)19(16,17)18;/h3-11H2,1-2H3,(H,14,15)(H,16,17,18);/q;+1/p-1. The summed E-state index contributed by atoms with van der Waals surface area (Å²) < 4.78 is 28.9. The molecule has 0 aromatic rings. The van der Waals surface area contributed by atoms with Crippen molar-refractivity contribution in [2.45, 2.75) is 76.4 Å². The van der Waals surface area contributed by atoms with Gasteiger partial charge in [-0.1, -0.05) is 58.3 Å². The zero-order valence-electron chi connectivity index (χ0n) is 12.9. The van der Waals surface area contributed by atoms with Crippen molar-refractivity contribution in [1.82, 2.24) is 0 Å². The summed E-state index contributed by atoms with van der Waals surface area (Å²) in [7, 11) is -4.63. The van der Waals surface area contributed by atoms with E-state index in [1.165, 1.54) is 19.3 Å². The van der Waals surface area contributed by atoms with E-state index in [-0.39, 0.29) is 57.8 Å². The van der Waals surface area contributed by atoms with Crippen molar-refractivity contribution < 1.29 is 74.3 Å². The molecule has 0 rings (SSSR count). The Hall–Kier alpha value is 1.02. The molecule has 0 spiro atoms. The number of hydrogen-bond acceptors (Lipinski definition) is 4. The van der Waals surface area contributed by atoms with Crippen molar-refractivity contribution in [3.05, 3.63) is 0 Å². The molecule has 0 aromatic carbocycles. The average Bonchev–Trinajstić information content (AvgIpc) is 2.30. The van der Waals surface area contributed by atoms with E-state index in [1.807, 2.05) is 0 Å². The molecule has 0 fully saturated rings. The fraction of sp³-hybridized carbons (Fsp3) is 0.923. The van der Waals surface area contributed by atoms with Gasteiger partial charge in [-0.3, -0.25) is 4.55 Å². The Balaban J connectivity index is 0. The predicted molar refractivity (Wildman–Crippen MR) is 72.2 cm³/mol. The third kappa shape index (κ3) is 8.46. The second-order valence-electron chi connectivity index (χ2n) is 5.22. The van der Waals surface area contributed by atoms with Gasteiger partial charge in [-0.25, -0.2) is 0 Å². The van der Waals surface area contributed by atoms with Gasteiger partial charge < -0.3 is 9.90 Å². The number of carbonyl (C=O) groups excluding carboxylic acids is 1. The molecule has 0 aliphatic heterocycles. The van der Waals surface area contributed by atoms with Crippen LogP contribution in [0.3, 0.4) is 0 Å². The van der Waals surface area contributed by atoms with Crippen LogP contribution in [0.5, 0.6) is 0 Å².